The fraction of sp³-hybridized carbons (Fsp3) is 0.732. The maximum atomic E-state index is 12.8. The Kier molecular flexibility index (Phi) is 44.0. The van der Waals surface area contributed by atoms with Crippen LogP contribution in [-0.2, 0) is 28.6 Å². The highest BCUT2D eigenvalue weighted by molar-refractivity contribution is 5.72. The van der Waals surface area contributed by atoms with Crippen molar-refractivity contribution in [2.24, 2.45) is 0 Å². The van der Waals surface area contributed by atoms with Gasteiger partial charge in [0.2, 0.25) is 0 Å². The zero-order valence-electron chi connectivity index (χ0n) is 42.0. The van der Waals surface area contributed by atoms with Crippen molar-refractivity contribution in [2.45, 2.75) is 225 Å². The molecule has 0 bridgehead atoms. The van der Waals surface area contributed by atoms with Gasteiger partial charge in [-0.25, -0.2) is 4.79 Å². The molecular weight excluding hydrogens is 799 g/mol. The second kappa shape index (κ2) is 46.3. The molecular formula is C56H98NO7+. The van der Waals surface area contributed by atoms with Gasteiger partial charge in [-0.05, 0) is 83.5 Å². The van der Waals surface area contributed by atoms with Crippen LogP contribution in [0, 0.1) is 0 Å². The highest BCUT2D eigenvalue weighted by Crippen LogP contribution is 2.15. The summed E-state index contributed by atoms with van der Waals surface area (Å²) in [7, 11) is 5.53. The zero-order valence-corrected chi connectivity index (χ0v) is 42.0. The summed E-state index contributed by atoms with van der Waals surface area (Å²) in [5.41, 5.74) is 0. The van der Waals surface area contributed by atoms with Crippen LogP contribution in [0.25, 0.3) is 0 Å². The molecule has 0 aliphatic rings. The fourth-order valence-electron chi connectivity index (χ4n) is 7.35. The van der Waals surface area contributed by atoms with Crippen molar-refractivity contribution in [2.75, 3.05) is 41.0 Å². The van der Waals surface area contributed by atoms with Gasteiger partial charge in [0.15, 0.2) is 12.1 Å². The standard InChI is InChI=1S/C56H97NO7/c1-6-8-10-12-14-16-18-20-22-24-25-26-27-28-29-31-33-35-37-39-41-43-45-47-55(59)64-52(50-62-49-48-53(56(60)61)57(3,4)5)51-63-54(58)46-44-42-40-38-36-34-32-30-23-21-19-17-15-13-11-9-7-2/h8,10,14-17,20-23,25-26,52-53H,6-7,9,11-13,18-19,24,27-51H2,1-5H3/p+1/b10-8-,16-14-,17-15-,22-20-,23-21-,26-25-. The van der Waals surface area contributed by atoms with Crippen molar-refractivity contribution >= 4 is 17.9 Å². The molecule has 0 rings (SSSR count). The molecule has 0 aliphatic heterocycles. The zero-order chi connectivity index (χ0) is 47.0. The summed E-state index contributed by atoms with van der Waals surface area (Å²) in [5.74, 6) is -1.48. The minimum absolute atomic E-state index is 0.0545. The average molecular weight is 897 g/mol. The van der Waals surface area contributed by atoms with Crippen molar-refractivity contribution in [3.05, 3.63) is 72.9 Å². The first-order valence-electron chi connectivity index (χ1n) is 26.0. The molecule has 64 heavy (non-hydrogen) atoms. The van der Waals surface area contributed by atoms with E-state index < -0.39 is 18.1 Å². The van der Waals surface area contributed by atoms with Crippen LogP contribution >= 0.6 is 0 Å². The van der Waals surface area contributed by atoms with Crippen LogP contribution in [0.3, 0.4) is 0 Å². The second-order valence-electron chi connectivity index (χ2n) is 18.4. The quantitative estimate of drug-likeness (QED) is 0.0281. The molecule has 0 heterocycles. The van der Waals surface area contributed by atoms with Crippen LogP contribution in [0.1, 0.15) is 213 Å². The second-order valence-corrected chi connectivity index (χ2v) is 18.4. The van der Waals surface area contributed by atoms with Crippen molar-refractivity contribution in [3.63, 3.8) is 0 Å². The van der Waals surface area contributed by atoms with E-state index in [0.29, 0.717) is 19.3 Å². The molecule has 0 aromatic heterocycles. The van der Waals surface area contributed by atoms with Crippen molar-refractivity contribution in [1.29, 1.82) is 0 Å². The summed E-state index contributed by atoms with van der Waals surface area (Å²) in [5, 5.41) is 9.66. The predicted molar refractivity (Wildman–Crippen MR) is 270 cm³/mol. The summed E-state index contributed by atoms with van der Waals surface area (Å²) in [6.45, 7) is 4.60. The molecule has 0 aromatic carbocycles. The molecule has 2 atom stereocenters. The van der Waals surface area contributed by atoms with E-state index in [1.165, 1.54) is 103 Å². The molecule has 0 aliphatic carbocycles. The van der Waals surface area contributed by atoms with Gasteiger partial charge < -0.3 is 23.8 Å². The Labute approximate surface area is 393 Å². The Morgan fingerprint density at radius 3 is 1.30 bits per heavy atom. The maximum absolute atomic E-state index is 12.8. The van der Waals surface area contributed by atoms with Gasteiger partial charge >= 0.3 is 17.9 Å². The van der Waals surface area contributed by atoms with Gasteiger partial charge in [-0.3, -0.25) is 9.59 Å². The Morgan fingerprint density at radius 1 is 0.484 bits per heavy atom. The van der Waals surface area contributed by atoms with Crippen LogP contribution in [-0.4, -0.2) is 80.6 Å². The van der Waals surface area contributed by atoms with Crippen LogP contribution < -0.4 is 0 Å². The molecule has 0 radical (unpaired) electrons. The lowest BCUT2D eigenvalue weighted by Crippen LogP contribution is -2.50. The summed E-state index contributed by atoms with van der Waals surface area (Å²) in [6, 6.07) is -0.620. The lowest BCUT2D eigenvalue weighted by Gasteiger charge is -2.31. The number of quaternary nitrogens is 1. The third-order valence-corrected chi connectivity index (χ3v) is 11.3. The largest absolute Gasteiger partial charge is 0.477 e. The summed E-state index contributed by atoms with van der Waals surface area (Å²) in [6.07, 6.45) is 59.4. The summed E-state index contributed by atoms with van der Waals surface area (Å²) in [4.78, 5) is 37.2. The van der Waals surface area contributed by atoms with E-state index in [9.17, 15) is 19.5 Å². The van der Waals surface area contributed by atoms with Gasteiger partial charge in [-0.1, -0.05) is 183 Å². The molecule has 8 heteroatoms. The number of carboxylic acids is 1. The number of nitrogens with zero attached hydrogens (tertiary/aromatic N) is 1. The molecule has 8 nitrogen and oxygen atoms in total. The number of rotatable bonds is 46. The molecule has 0 amide bonds. The van der Waals surface area contributed by atoms with E-state index in [2.05, 4.69) is 86.8 Å². The van der Waals surface area contributed by atoms with Gasteiger partial charge in [0.05, 0.1) is 34.4 Å². The van der Waals surface area contributed by atoms with E-state index in [1.807, 2.05) is 21.1 Å². The number of likely N-dealkylation sites (N-methyl/N-ethyl adjacent to an activating group) is 1. The van der Waals surface area contributed by atoms with E-state index in [4.69, 9.17) is 14.2 Å². The number of carbonyl (C=O) groups is 3. The van der Waals surface area contributed by atoms with Crippen molar-refractivity contribution in [3.8, 4) is 0 Å². The molecule has 0 spiro atoms. The average Bonchev–Trinajstić information content (AvgIpc) is 3.26. The van der Waals surface area contributed by atoms with Crippen LogP contribution in [0.2, 0.25) is 0 Å². The Hall–Kier alpha value is -3.23. The molecule has 1 N–H and O–H groups in total. The van der Waals surface area contributed by atoms with Crippen molar-refractivity contribution < 1.29 is 38.2 Å². The highest BCUT2D eigenvalue weighted by atomic mass is 16.6. The smallest absolute Gasteiger partial charge is 0.362 e. The number of unbranched alkanes of at least 4 members (excludes halogenated alkanes) is 20. The Bertz CT molecular complexity index is 1270. The third kappa shape index (κ3) is 44.0. The SMILES string of the molecule is CC/C=C\C/C=C\C/C=C\C/C=C\CCCCCCCCCCCCC(=O)OC(COCCC(C(=O)O)[N+](C)(C)C)COC(=O)CCCCCCCCC/C=C\C/C=C\CCCCC. The van der Waals surface area contributed by atoms with Gasteiger partial charge in [-0.2, -0.15) is 0 Å². The van der Waals surface area contributed by atoms with E-state index in [0.717, 1.165) is 77.0 Å². The summed E-state index contributed by atoms with van der Waals surface area (Å²) >= 11 is 0. The molecule has 368 valence electrons. The topological polar surface area (TPSA) is 99.1 Å². The molecule has 0 saturated heterocycles. The molecule has 2 unspecified atom stereocenters. The minimum Gasteiger partial charge on any atom is -0.477 e. The number of carboxylic acid groups (broad SMARTS) is 1. The van der Waals surface area contributed by atoms with E-state index in [1.54, 1.807) is 0 Å². The van der Waals surface area contributed by atoms with Crippen molar-refractivity contribution in [1.82, 2.24) is 0 Å². The first-order valence-corrected chi connectivity index (χ1v) is 26.0. The highest BCUT2D eigenvalue weighted by Gasteiger charge is 2.31. The molecule has 0 aromatic rings. The monoisotopic (exact) mass is 897 g/mol. The van der Waals surface area contributed by atoms with Gasteiger partial charge in [0.25, 0.3) is 0 Å². The van der Waals surface area contributed by atoms with E-state index in [-0.39, 0.29) is 36.2 Å². The summed E-state index contributed by atoms with van der Waals surface area (Å²) < 4.78 is 17.4. The van der Waals surface area contributed by atoms with Gasteiger partial charge in [0.1, 0.15) is 6.61 Å². The van der Waals surface area contributed by atoms with Gasteiger partial charge in [0, 0.05) is 19.3 Å². The molecule has 0 fully saturated rings. The number of esters is 2. The third-order valence-electron chi connectivity index (χ3n) is 11.3. The Morgan fingerprint density at radius 2 is 0.875 bits per heavy atom. The number of ether oxygens (including phenoxy) is 3. The fourth-order valence-corrected chi connectivity index (χ4v) is 7.35. The van der Waals surface area contributed by atoms with Gasteiger partial charge in [-0.15, -0.1) is 0 Å². The lowest BCUT2D eigenvalue weighted by molar-refractivity contribution is -0.887. The predicted octanol–water partition coefficient (Wildman–Crippen LogP) is 15.1. The number of hydrogen-bond acceptors (Lipinski definition) is 6. The first kappa shape index (κ1) is 60.8. The molecule has 0 saturated carbocycles. The first-order chi connectivity index (χ1) is 31.1. The maximum Gasteiger partial charge on any atom is 0.362 e. The van der Waals surface area contributed by atoms with Crippen LogP contribution in [0.15, 0.2) is 72.9 Å². The Balaban J connectivity index is 4.25. The van der Waals surface area contributed by atoms with Crippen LogP contribution in [0.5, 0.6) is 0 Å². The minimum atomic E-state index is -0.878. The number of carbonyl (C=O) groups excluding carboxylic acids is 2. The van der Waals surface area contributed by atoms with Crippen LogP contribution in [0.4, 0.5) is 0 Å². The number of hydrogen-bond donors (Lipinski definition) is 1. The number of allylic oxidation sites excluding steroid dienone is 12. The normalized spacial score (nSPS) is 13.5. The lowest BCUT2D eigenvalue weighted by atomic mass is 10.0. The van der Waals surface area contributed by atoms with E-state index >= 15 is 0 Å². The number of aliphatic carboxylic acids is 1.